The summed E-state index contributed by atoms with van der Waals surface area (Å²) in [5.41, 5.74) is 0.719. The van der Waals surface area contributed by atoms with Gasteiger partial charge in [0, 0.05) is 19.2 Å². The van der Waals surface area contributed by atoms with Gasteiger partial charge in [-0.2, -0.15) is 0 Å². The maximum Gasteiger partial charge on any atom is 0.312 e. The van der Waals surface area contributed by atoms with Crippen molar-refractivity contribution in [1.29, 1.82) is 0 Å². The Morgan fingerprint density at radius 1 is 1.33 bits per heavy atom. The fourth-order valence-corrected chi connectivity index (χ4v) is 5.30. The number of fused-ring (bicyclic) bond motifs is 1. The van der Waals surface area contributed by atoms with Crippen molar-refractivity contribution in [2.75, 3.05) is 5.75 Å². The van der Waals surface area contributed by atoms with Gasteiger partial charge in [0.05, 0.1) is 22.6 Å². The Labute approximate surface area is 124 Å². The maximum atomic E-state index is 12.1. The summed E-state index contributed by atoms with van der Waals surface area (Å²) in [7, 11) is -3.03. The summed E-state index contributed by atoms with van der Waals surface area (Å²) >= 11 is 0. The van der Waals surface area contributed by atoms with Crippen LogP contribution in [0.15, 0.2) is 6.20 Å². The van der Waals surface area contributed by atoms with Crippen LogP contribution in [0.2, 0.25) is 0 Å². The zero-order chi connectivity index (χ0) is 15.0. The molecule has 21 heavy (non-hydrogen) atoms. The molecule has 0 aromatic carbocycles. The Morgan fingerprint density at radius 3 is 2.86 bits per heavy atom. The molecule has 7 heteroatoms. The fraction of sp³-hybridized carbons (Fsp3) is 0.714. The highest BCUT2D eigenvalue weighted by Gasteiger charge is 2.33. The molecule has 3 heterocycles. The zero-order valence-electron chi connectivity index (χ0n) is 11.9. The molecule has 0 radical (unpaired) electrons. The van der Waals surface area contributed by atoms with Gasteiger partial charge in [-0.25, -0.2) is 13.4 Å². The molecule has 0 bridgehead atoms. The molecule has 0 amide bonds. The lowest BCUT2D eigenvalue weighted by Gasteiger charge is -2.25. The number of imidazole rings is 1. The van der Waals surface area contributed by atoms with Crippen LogP contribution in [0.25, 0.3) is 0 Å². The highest BCUT2D eigenvalue weighted by Crippen LogP contribution is 2.30. The molecule has 1 aromatic rings. The highest BCUT2D eigenvalue weighted by molar-refractivity contribution is 7.92. The number of nitrogens with zero attached hydrogens (tertiary/aromatic N) is 2. The standard InChI is InChI=1S/C14H20N2O4S/c17-14(18)11-5-3-6-16-12(11)9-15-13(16)8-10-4-1-2-7-21(10,19)20/h9-11H,1-8H2,(H,17,18). The first-order valence-electron chi connectivity index (χ1n) is 7.48. The van der Waals surface area contributed by atoms with Gasteiger partial charge >= 0.3 is 5.97 Å². The fourth-order valence-electron chi connectivity index (χ4n) is 3.43. The molecule has 0 saturated carbocycles. The van der Waals surface area contributed by atoms with Gasteiger partial charge in [-0.05, 0) is 25.7 Å². The van der Waals surface area contributed by atoms with E-state index in [1.54, 1.807) is 6.20 Å². The van der Waals surface area contributed by atoms with Crippen molar-refractivity contribution in [1.82, 2.24) is 9.55 Å². The monoisotopic (exact) mass is 312 g/mol. The van der Waals surface area contributed by atoms with Gasteiger partial charge in [0.1, 0.15) is 5.82 Å². The number of carboxylic acid groups (broad SMARTS) is 1. The molecule has 116 valence electrons. The Bertz CT molecular complexity index is 650. The second-order valence-electron chi connectivity index (χ2n) is 5.97. The molecule has 1 N–H and O–H groups in total. The van der Waals surface area contributed by atoms with Gasteiger partial charge in [-0.1, -0.05) is 6.42 Å². The third-order valence-electron chi connectivity index (χ3n) is 4.62. The van der Waals surface area contributed by atoms with Crippen molar-refractivity contribution in [3.63, 3.8) is 0 Å². The molecule has 6 nitrogen and oxygen atoms in total. The van der Waals surface area contributed by atoms with Crippen molar-refractivity contribution in [2.45, 2.75) is 56.2 Å². The molecule has 3 rings (SSSR count). The lowest BCUT2D eigenvalue weighted by Crippen LogP contribution is -2.32. The smallest absolute Gasteiger partial charge is 0.312 e. The van der Waals surface area contributed by atoms with E-state index in [-0.39, 0.29) is 11.0 Å². The number of hydrogen-bond acceptors (Lipinski definition) is 4. The number of carbonyl (C=O) groups is 1. The molecule has 2 aliphatic rings. The Balaban J connectivity index is 1.86. The van der Waals surface area contributed by atoms with Gasteiger partial charge < -0.3 is 9.67 Å². The minimum absolute atomic E-state index is 0.267. The zero-order valence-corrected chi connectivity index (χ0v) is 12.7. The molecule has 2 unspecified atom stereocenters. The van der Waals surface area contributed by atoms with Gasteiger partial charge in [0.15, 0.2) is 9.84 Å². The summed E-state index contributed by atoms with van der Waals surface area (Å²) in [6, 6.07) is 0. The van der Waals surface area contributed by atoms with Crippen molar-refractivity contribution in [3.8, 4) is 0 Å². The van der Waals surface area contributed by atoms with Crippen LogP contribution in [0, 0.1) is 0 Å². The minimum atomic E-state index is -3.03. The molecular weight excluding hydrogens is 292 g/mol. The summed E-state index contributed by atoms with van der Waals surface area (Å²) in [4.78, 5) is 15.6. The quantitative estimate of drug-likeness (QED) is 0.910. The summed E-state index contributed by atoms with van der Waals surface area (Å²) in [5, 5.41) is 8.90. The van der Waals surface area contributed by atoms with E-state index < -0.39 is 21.7 Å². The Kier molecular flexibility index (Phi) is 3.77. The second-order valence-corrected chi connectivity index (χ2v) is 8.37. The van der Waals surface area contributed by atoms with E-state index in [4.69, 9.17) is 0 Å². The molecule has 0 aliphatic carbocycles. The number of carboxylic acids is 1. The van der Waals surface area contributed by atoms with Crippen molar-refractivity contribution in [3.05, 3.63) is 17.7 Å². The van der Waals surface area contributed by atoms with Crippen LogP contribution in [-0.4, -0.2) is 40.0 Å². The third-order valence-corrected chi connectivity index (χ3v) is 6.90. The first kappa shape index (κ1) is 14.6. The SMILES string of the molecule is O=C(O)C1CCCn2c1cnc2CC1CCCCS1(=O)=O. The van der Waals surface area contributed by atoms with Crippen LogP contribution in [0.3, 0.4) is 0 Å². The lowest BCUT2D eigenvalue weighted by atomic mass is 9.96. The summed E-state index contributed by atoms with van der Waals surface area (Å²) in [5.74, 6) is -0.342. The normalized spacial score (nSPS) is 28.0. The van der Waals surface area contributed by atoms with E-state index in [0.29, 0.717) is 19.3 Å². The van der Waals surface area contributed by atoms with Gasteiger partial charge in [0.25, 0.3) is 0 Å². The summed E-state index contributed by atoms with van der Waals surface area (Å²) < 4.78 is 26.2. The van der Waals surface area contributed by atoms with E-state index in [9.17, 15) is 18.3 Å². The first-order valence-corrected chi connectivity index (χ1v) is 9.19. The molecular formula is C14H20N2O4S. The van der Waals surface area contributed by atoms with Crippen LogP contribution < -0.4 is 0 Å². The first-order chi connectivity index (χ1) is 9.99. The molecule has 0 spiro atoms. The molecule has 1 saturated heterocycles. The summed E-state index contributed by atoms with van der Waals surface area (Å²) in [6.45, 7) is 0.737. The predicted octanol–water partition coefficient (Wildman–Crippen LogP) is 1.35. The number of rotatable bonds is 3. The van der Waals surface area contributed by atoms with Gasteiger partial charge in [0.2, 0.25) is 0 Å². The Hall–Kier alpha value is -1.37. The van der Waals surface area contributed by atoms with E-state index >= 15 is 0 Å². The average Bonchev–Trinajstić information content (AvgIpc) is 2.84. The van der Waals surface area contributed by atoms with Crippen LogP contribution in [-0.2, 0) is 27.6 Å². The van der Waals surface area contributed by atoms with Crippen LogP contribution in [0.1, 0.15) is 49.5 Å². The molecule has 2 aliphatic heterocycles. The molecule has 2 atom stereocenters. The minimum Gasteiger partial charge on any atom is -0.481 e. The molecule has 1 fully saturated rings. The van der Waals surface area contributed by atoms with E-state index in [0.717, 1.165) is 37.3 Å². The van der Waals surface area contributed by atoms with Crippen LogP contribution in [0.5, 0.6) is 0 Å². The number of sulfone groups is 1. The third kappa shape index (κ3) is 2.71. The second kappa shape index (κ2) is 5.44. The van der Waals surface area contributed by atoms with Crippen molar-refractivity contribution in [2.24, 2.45) is 0 Å². The number of hydrogen-bond donors (Lipinski definition) is 1. The van der Waals surface area contributed by atoms with Crippen molar-refractivity contribution >= 4 is 15.8 Å². The van der Waals surface area contributed by atoms with Crippen LogP contribution in [0.4, 0.5) is 0 Å². The number of aliphatic carboxylic acids is 1. The topological polar surface area (TPSA) is 89.3 Å². The lowest BCUT2D eigenvalue weighted by molar-refractivity contribution is -0.139. The van der Waals surface area contributed by atoms with E-state index in [1.807, 2.05) is 4.57 Å². The maximum absolute atomic E-state index is 12.1. The van der Waals surface area contributed by atoms with Crippen molar-refractivity contribution < 1.29 is 18.3 Å². The average molecular weight is 312 g/mol. The highest BCUT2D eigenvalue weighted by atomic mass is 32.2. The van der Waals surface area contributed by atoms with Gasteiger partial charge in [-0.3, -0.25) is 4.79 Å². The predicted molar refractivity (Wildman–Crippen MR) is 77.0 cm³/mol. The van der Waals surface area contributed by atoms with E-state index in [1.165, 1.54) is 0 Å². The van der Waals surface area contributed by atoms with Crippen LogP contribution >= 0.6 is 0 Å². The van der Waals surface area contributed by atoms with E-state index in [2.05, 4.69) is 4.98 Å². The Morgan fingerprint density at radius 2 is 2.14 bits per heavy atom. The van der Waals surface area contributed by atoms with Gasteiger partial charge in [-0.15, -0.1) is 0 Å². The largest absolute Gasteiger partial charge is 0.481 e. The summed E-state index contributed by atoms with van der Waals surface area (Å²) in [6.07, 6.45) is 5.83. The number of aromatic nitrogens is 2. The molecule has 1 aromatic heterocycles.